The summed E-state index contributed by atoms with van der Waals surface area (Å²) in [5.41, 5.74) is 0.895. The maximum absolute atomic E-state index is 12.9. The summed E-state index contributed by atoms with van der Waals surface area (Å²) in [6.07, 6.45) is 0.346. The van der Waals surface area contributed by atoms with Gasteiger partial charge in [-0.1, -0.05) is 18.3 Å². The van der Waals surface area contributed by atoms with Gasteiger partial charge in [-0.25, -0.2) is 17.8 Å². The summed E-state index contributed by atoms with van der Waals surface area (Å²) in [5, 5.41) is 3.13. The highest BCUT2D eigenvalue weighted by atomic mass is 32.2. The lowest BCUT2D eigenvalue weighted by Crippen LogP contribution is -2.12. The Kier molecular flexibility index (Phi) is 4.69. The third-order valence-corrected chi connectivity index (χ3v) is 5.68. The van der Waals surface area contributed by atoms with Gasteiger partial charge in [-0.2, -0.15) is 0 Å². The highest BCUT2D eigenvalue weighted by molar-refractivity contribution is 7.92. The van der Waals surface area contributed by atoms with E-state index in [1.807, 2.05) is 0 Å². The number of amides is 1. The Hall–Kier alpha value is -2.52. The number of carbonyl (C=O) groups excluding carboxylic acids is 1. The Balaban J connectivity index is 1.86. The van der Waals surface area contributed by atoms with Crippen LogP contribution in [0.5, 0.6) is 0 Å². The summed E-state index contributed by atoms with van der Waals surface area (Å²) in [6, 6.07) is 9.45. The van der Waals surface area contributed by atoms with E-state index in [4.69, 9.17) is 0 Å². The second-order valence-electron chi connectivity index (χ2n) is 5.16. The molecule has 1 amide bonds. The molecule has 9 heteroatoms. The maximum Gasteiger partial charge on any atom is 0.261 e. The van der Waals surface area contributed by atoms with Crippen molar-refractivity contribution < 1.29 is 17.6 Å². The van der Waals surface area contributed by atoms with E-state index in [9.17, 15) is 17.6 Å². The number of benzene rings is 2. The summed E-state index contributed by atoms with van der Waals surface area (Å²) in [4.78, 5) is 15.7. The average Bonchev–Trinajstić information content (AvgIpc) is 2.96. The second-order valence-corrected chi connectivity index (χ2v) is 7.88. The van der Waals surface area contributed by atoms with E-state index in [1.165, 1.54) is 23.5 Å². The minimum absolute atomic E-state index is 0.0387. The molecular weight excluding hydrogens is 365 g/mol. The third kappa shape index (κ3) is 3.94. The van der Waals surface area contributed by atoms with Gasteiger partial charge in [0.05, 0.1) is 20.8 Å². The van der Waals surface area contributed by atoms with Gasteiger partial charge in [-0.3, -0.25) is 9.52 Å². The van der Waals surface area contributed by atoms with Gasteiger partial charge in [-0.15, -0.1) is 0 Å². The average molecular weight is 379 g/mol. The van der Waals surface area contributed by atoms with E-state index in [2.05, 4.69) is 15.0 Å². The molecular formula is C16H14FN3O3S2. The van der Waals surface area contributed by atoms with Crippen LogP contribution < -0.4 is 10.0 Å². The van der Waals surface area contributed by atoms with Crippen LogP contribution in [0.15, 0.2) is 47.4 Å². The summed E-state index contributed by atoms with van der Waals surface area (Å²) in [6.45, 7) is 1.74. The van der Waals surface area contributed by atoms with Crippen molar-refractivity contribution in [3.05, 3.63) is 48.3 Å². The number of rotatable bonds is 5. The van der Waals surface area contributed by atoms with Crippen molar-refractivity contribution in [2.45, 2.75) is 18.2 Å². The lowest BCUT2D eigenvalue weighted by atomic mass is 10.3. The van der Waals surface area contributed by atoms with Crippen LogP contribution in [-0.4, -0.2) is 19.3 Å². The maximum atomic E-state index is 12.9. The SMILES string of the molecule is CCC(=O)Nc1nc2cc(NS(=O)(=O)c3ccc(F)cc3)ccc2s1. The molecule has 6 nitrogen and oxygen atoms in total. The van der Waals surface area contributed by atoms with E-state index in [1.54, 1.807) is 25.1 Å². The number of anilines is 2. The topological polar surface area (TPSA) is 88.2 Å². The number of carbonyl (C=O) groups is 1. The van der Waals surface area contributed by atoms with Crippen molar-refractivity contribution >= 4 is 48.3 Å². The first-order valence-electron chi connectivity index (χ1n) is 7.36. The quantitative estimate of drug-likeness (QED) is 0.709. The number of nitrogens with zero attached hydrogens (tertiary/aromatic N) is 1. The summed E-state index contributed by atoms with van der Waals surface area (Å²) >= 11 is 1.30. The number of hydrogen-bond acceptors (Lipinski definition) is 5. The molecule has 3 rings (SSSR count). The zero-order valence-corrected chi connectivity index (χ0v) is 14.7. The number of hydrogen-bond donors (Lipinski definition) is 2. The van der Waals surface area contributed by atoms with E-state index in [0.29, 0.717) is 22.8 Å². The van der Waals surface area contributed by atoms with Crippen molar-refractivity contribution in [3.8, 4) is 0 Å². The van der Waals surface area contributed by atoms with Gasteiger partial charge in [0.25, 0.3) is 10.0 Å². The van der Waals surface area contributed by atoms with Crippen LogP contribution in [0.1, 0.15) is 13.3 Å². The largest absolute Gasteiger partial charge is 0.302 e. The van der Waals surface area contributed by atoms with E-state index >= 15 is 0 Å². The molecule has 0 aliphatic heterocycles. The monoisotopic (exact) mass is 379 g/mol. The van der Waals surface area contributed by atoms with Crippen LogP contribution in [-0.2, 0) is 14.8 Å². The Morgan fingerprint density at radius 2 is 1.92 bits per heavy atom. The van der Waals surface area contributed by atoms with Crippen molar-refractivity contribution in [2.75, 3.05) is 10.0 Å². The van der Waals surface area contributed by atoms with Crippen LogP contribution in [0.4, 0.5) is 15.2 Å². The number of aromatic nitrogens is 1. The molecule has 1 aromatic heterocycles. The predicted molar refractivity (Wildman–Crippen MR) is 95.7 cm³/mol. The van der Waals surface area contributed by atoms with Gasteiger partial charge in [0.1, 0.15) is 5.82 Å². The molecule has 1 heterocycles. The molecule has 0 unspecified atom stereocenters. The molecule has 0 aliphatic carbocycles. The van der Waals surface area contributed by atoms with Gasteiger partial charge in [0.2, 0.25) is 5.91 Å². The fraction of sp³-hybridized carbons (Fsp3) is 0.125. The lowest BCUT2D eigenvalue weighted by molar-refractivity contribution is -0.115. The number of halogens is 1. The molecule has 0 saturated carbocycles. The first kappa shape index (κ1) is 17.3. The van der Waals surface area contributed by atoms with Crippen LogP contribution in [0, 0.1) is 5.82 Å². The zero-order valence-electron chi connectivity index (χ0n) is 13.1. The summed E-state index contributed by atoms with van der Waals surface area (Å²) in [7, 11) is -3.83. The molecule has 0 saturated heterocycles. The number of sulfonamides is 1. The molecule has 25 heavy (non-hydrogen) atoms. The van der Waals surface area contributed by atoms with Crippen LogP contribution in [0.25, 0.3) is 10.2 Å². The fourth-order valence-electron chi connectivity index (χ4n) is 2.08. The van der Waals surface area contributed by atoms with Crippen molar-refractivity contribution in [1.29, 1.82) is 0 Å². The summed E-state index contributed by atoms with van der Waals surface area (Å²) in [5.74, 6) is -0.652. The van der Waals surface area contributed by atoms with Crippen molar-refractivity contribution in [3.63, 3.8) is 0 Å². The molecule has 0 spiro atoms. The van der Waals surface area contributed by atoms with Crippen molar-refractivity contribution in [1.82, 2.24) is 4.98 Å². The Labute approximate surface area is 147 Å². The lowest BCUT2D eigenvalue weighted by Gasteiger charge is -2.07. The smallest absolute Gasteiger partial charge is 0.261 e. The van der Waals surface area contributed by atoms with Gasteiger partial charge >= 0.3 is 0 Å². The second kappa shape index (κ2) is 6.77. The van der Waals surface area contributed by atoms with E-state index in [-0.39, 0.29) is 10.8 Å². The van der Waals surface area contributed by atoms with Crippen LogP contribution in [0.2, 0.25) is 0 Å². The zero-order chi connectivity index (χ0) is 18.0. The van der Waals surface area contributed by atoms with Gasteiger partial charge in [0, 0.05) is 6.42 Å². The molecule has 0 aliphatic rings. The molecule has 0 fully saturated rings. The molecule has 0 radical (unpaired) electrons. The first-order chi connectivity index (χ1) is 11.9. The van der Waals surface area contributed by atoms with Crippen LogP contribution in [0.3, 0.4) is 0 Å². The Morgan fingerprint density at radius 3 is 2.60 bits per heavy atom. The molecule has 0 bridgehead atoms. The minimum atomic E-state index is -3.83. The van der Waals surface area contributed by atoms with Gasteiger partial charge in [0.15, 0.2) is 5.13 Å². The number of thiazole rings is 1. The van der Waals surface area contributed by atoms with Gasteiger partial charge < -0.3 is 5.32 Å². The highest BCUT2D eigenvalue weighted by Crippen LogP contribution is 2.29. The highest BCUT2D eigenvalue weighted by Gasteiger charge is 2.15. The normalized spacial score (nSPS) is 11.4. The Morgan fingerprint density at radius 1 is 1.20 bits per heavy atom. The van der Waals surface area contributed by atoms with Crippen LogP contribution >= 0.6 is 11.3 Å². The standard InChI is InChI=1S/C16H14FN3O3S2/c1-2-15(21)19-16-18-13-9-11(5-8-14(13)24-16)20-25(22,23)12-6-3-10(17)4-7-12/h3-9,20H,2H2,1H3,(H,18,19,21). The summed E-state index contributed by atoms with van der Waals surface area (Å²) < 4.78 is 40.9. The first-order valence-corrected chi connectivity index (χ1v) is 9.66. The minimum Gasteiger partial charge on any atom is -0.302 e. The van der Waals surface area contributed by atoms with Crippen molar-refractivity contribution in [2.24, 2.45) is 0 Å². The Bertz CT molecular complexity index is 1030. The van der Waals surface area contributed by atoms with E-state index in [0.717, 1.165) is 16.8 Å². The molecule has 3 aromatic rings. The predicted octanol–water partition coefficient (Wildman–Crippen LogP) is 3.58. The fourth-order valence-corrected chi connectivity index (χ4v) is 3.99. The number of fused-ring (bicyclic) bond motifs is 1. The van der Waals surface area contributed by atoms with Gasteiger partial charge in [-0.05, 0) is 42.5 Å². The van der Waals surface area contributed by atoms with E-state index < -0.39 is 15.8 Å². The third-order valence-electron chi connectivity index (χ3n) is 3.33. The molecule has 2 aromatic carbocycles. The molecule has 130 valence electrons. The number of nitrogens with one attached hydrogen (secondary N) is 2. The molecule has 0 atom stereocenters. The molecule has 2 N–H and O–H groups in total.